The largest absolute Gasteiger partial charge is 0.477 e. The number of carboxylic acids is 1. The molecular formula is C16H17NO3S. The second-order valence-electron chi connectivity index (χ2n) is 4.61. The normalized spacial score (nSPS) is 11.1. The van der Waals surface area contributed by atoms with Gasteiger partial charge >= 0.3 is 5.97 Å². The van der Waals surface area contributed by atoms with Gasteiger partial charge in [0.25, 0.3) is 0 Å². The Hall–Kier alpha value is -1.98. The number of nitrogens with zero attached hydrogens (tertiary/aromatic N) is 1. The Morgan fingerprint density at radius 3 is 2.67 bits per heavy atom. The Bertz CT molecular complexity index is 644. The number of methoxy groups -OCH3 is 1. The number of hydrogen-bond acceptors (Lipinski definition) is 4. The first-order chi connectivity index (χ1) is 10.1. The number of carboxylic acid groups (broad SMARTS) is 1. The third-order valence-corrected chi connectivity index (χ3v) is 4.04. The fourth-order valence-corrected chi connectivity index (χ4v) is 2.66. The third-order valence-electron chi connectivity index (χ3n) is 2.92. The van der Waals surface area contributed by atoms with Gasteiger partial charge in [0.2, 0.25) is 0 Å². The molecule has 0 radical (unpaired) electrons. The van der Waals surface area contributed by atoms with Crippen LogP contribution in [0.4, 0.5) is 0 Å². The summed E-state index contributed by atoms with van der Waals surface area (Å²) in [5, 5.41) is 10.0. The van der Waals surface area contributed by atoms with E-state index in [1.807, 2.05) is 37.3 Å². The number of rotatable bonds is 6. The highest BCUT2D eigenvalue weighted by Crippen LogP contribution is 2.21. The van der Waals surface area contributed by atoms with E-state index in [0.29, 0.717) is 18.7 Å². The maximum atomic E-state index is 11.3. The summed E-state index contributed by atoms with van der Waals surface area (Å²) in [5.74, 6) is -0.945. The van der Waals surface area contributed by atoms with Gasteiger partial charge in [-0.05, 0) is 18.6 Å². The lowest BCUT2D eigenvalue weighted by Gasteiger charge is -1.95. The second kappa shape index (κ2) is 7.15. The molecule has 1 heterocycles. The number of benzene rings is 1. The van der Waals surface area contributed by atoms with E-state index in [4.69, 9.17) is 4.74 Å². The van der Waals surface area contributed by atoms with E-state index >= 15 is 0 Å². The summed E-state index contributed by atoms with van der Waals surface area (Å²) >= 11 is 1.20. The predicted molar refractivity (Wildman–Crippen MR) is 84.8 cm³/mol. The molecule has 110 valence electrons. The zero-order chi connectivity index (χ0) is 15.2. The van der Waals surface area contributed by atoms with Crippen molar-refractivity contribution in [3.63, 3.8) is 0 Å². The molecule has 0 unspecified atom stereocenters. The molecule has 0 saturated heterocycles. The van der Waals surface area contributed by atoms with Crippen LogP contribution < -0.4 is 0 Å². The molecule has 0 fully saturated rings. The van der Waals surface area contributed by atoms with Crippen molar-refractivity contribution in [2.24, 2.45) is 0 Å². The first-order valence-electron chi connectivity index (χ1n) is 6.57. The Kier molecular flexibility index (Phi) is 5.25. The second-order valence-corrected chi connectivity index (χ2v) is 5.70. The summed E-state index contributed by atoms with van der Waals surface area (Å²) in [5.41, 5.74) is 2.71. The van der Waals surface area contributed by atoms with Gasteiger partial charge in [0.15, 0.2) is 0 Å². The van der Waals surface area contributed by atoms with Crippen LogP contribution in [0.2, 0.25) is 0 Å². The highest BCUT2D eigenvalue weighted by molar-refractivity contribution is 7.13. The fourth-order valence-electron chi connectivity index (χ4n) is 1.79. The average molecular weight is 303 g/mol. The summed E-state index contributed by atoms with van der Waals surface area (Å²) in [6.45, 7) is 2.56. The molecule has 0 aliphatic rings. The molecule has 1 aromatic heterocycles. The van der Waals surface area contributed by atoms with Gasteiger partial charge in [-0.1, -0.05) is 35.9 Å². The van der Waals surface area contributed by atoms with Crippen LogP contribution in [-0.2, 0) is 11.2 Å². The van der Waals surface area contributed by atoms with Crippen molar-refractivity contribution < 1.29 is 14.6 Å². The van der Waals surface area contributed by atoms with E-state index < -0.39 is 5.97 Å². The highest BCUT2D eigenvalue weighted by Gasteiger charge is 2.15. The van der Waals surface area contributed by atoms with Gasteiger partial charge < -0.3 is 9.84 Å². The minimum absolute atomic E-state index is 0.268. The summed E-state index contributed by atoms with van der Waals surface area (Å²) < 4.78 is 5.00. The molecule has 0 bridgehead atoms. The Labute approximate surface area is 127 Å². The quantitative estimate of drug-likeness (QED) is 0.887. The van der Waals surface area contributed by atoms with Gasteiger partial charge in [-0.2, -0.15) is 0 Å². The zero-order valence-corrected chi connectivity index (χ0v) is 12.8. The predicted octanol–water partition coefficient (Wildman–Crippen LogP) is 3.51. The van der Waals surface area contributed by atoms with Crippen molar-refractivity contribution in [1.82, 2.24) is 4.98 Å². The van der Waals surface area contributed by atoms with Gasteiger partial charge in [0.05, 0.1) is 17.3 Å². The van der Waals surface area contributed by atoms with E-state index in [1.54, 1.807) is 13.2 Å². The molecule has 21 heavy (non-hydrogen) atoms. The minimum Gasteiger partial charge on any atom is -0.477 e. The summed E-state index contributed by atoms with van der Waals surface area (Å²) in [4.78, 5) is 15.9. The number of thiazole rings is 1. The number of carbonyl (C=O) groups is 1. The van der Waals surface area contributed by atoms with Crippen LogP contribution in [0, 0.1) is 6.92 Å². The Morgan fingerprint density at radius 1 is 1.33 bits per heavy atom. The van der Waals surface area contributed by atoms with Crippen molar-refractivity contribution in [2.45, 2.75) is 13.3 Å². The first-order valence-corrected chi connectivity index (χ1v) is 7.38. The molecule has 0 amide bonds. The van der Waals surface area contributed by atoms with Gasteiger partial charge in [-0.3, -0.25) is 0 Å². The minimum atomic E-state index is -0.945. The lowest BCUT2D eigenvalue weighted by molar-refractivity contribution is 0.0701. The molecule has 0 atom stereocenters. The Morgan fingerprint density at radius 2 is 2.05 bits per heavy atom. The molecule has 0 aliphatic carbocycles. The van der Waals surface area contributed by atoms with Crippen LogP contribution in [-0.4, -0.2) is 29.8 Å². The zero-order valence-electron chi connectivity index (χ0n) is 12.0. The smallest absolute Gasteiger partial charge is 0.348 e. The molecular weight excluding hydrogens is 286 g/mol. The van der Waals surface area contributed by atoms with Crippen molar-refractivity contribution in [2.75, 3.05) is 13.7 Å². The molecule has 1 aromatic carbocycles. The lowest BCUT2D eigenvalue weighted by atomic mass is 10.1. The number of aromatic carboxylic acids is 1. The molecule has 4 nitrogen and oxygen atoms in total. The van der Waals surface area contributed by atoms with Crippen LogP contribution in [0.15, 0.2) is 24.3 Å². The monoisotopic (exact) mass is 303 g/mol. The average Bonchev–Trinajstić information content (AvgIpc) is 2.88. The lowest BCUT2D eigenvalue weighted by Crippen LogP contribution is -1.94. The summed E-state index contributed by atoms with van der Waals surface area (Å²) in [6.07, 6.45) is 4.25. The van der Waals surface area contributed by atoms with Crippen molar-refractivity contribution in [3.8, 4) is 0 Å². The van der Waals surface area contributed by atoms with Crippen LogP contribution >= 0.6 is 11.3 Å². The van der Waals surface area contributed by atoms with Crippen LogP contribution in [0.5, 0.6) is 0 Å². The molecule has 0 saturated carbocycles. The summed E-state index contributed by atoms with van der Waals surface area (Å²) in [7, 11) is 1.61. The third kappa shape index (κ3) is 4.24. The molecule has 1 N–H and O–H groups in total. The maximum Gasteiger partial charge on any atom is 0.348 e. The van der Waals surface area contributed by atoms with E-state index in [0.717, 1.165) is 10.6 Å². The van der Waals surface area contributed by atoms with E-state index in [2.05, 4.69) is 4.98 Å². The van der Waals surface area contributed by atoms with Crippen molar-refractivity contribution in [3.05, 3.63) is 51.0 Å². The van der Waals surface area contributed by atoms with E-state index in [-0.39, 0.29) is 4.88 Å². The fraction of sp³-hybridized carbons (Fsp3) is 0.250. The van der Waals surface area contributed by atoms with Crippen LogP contribution in [0.25, 0.3) is 12.2 Å². The van der Waals surface area contributed by atoms with Crippen LogP contribution in [0.1, 0.15) is 31.5 Å². The summed E-state index contributed by atoms with van der Waals surface area (Å²) in [6, 6.07) is 8.01. The van der Waals surface area contributed by atoms with Crippen molar-refractivity contribution >= 4 is 29.5 Å². The van der Waals surface area contributed by atoms with Crippen molar-refractivity contribution in [1.29, 1.82) is 0 Å². The Balaban J connectivity index is 2.23. The molecule has 0 spiro atoms. The molecule has 0 aliphatic heterocycles. The van der Waals surface area contributed by atoms with Gasteiger partial charge in [0, 0.05) is 13.5 Å². The van der Waals surface area contributed by atoms with Gasteiger partial charge in [0.1, 0.15) is 4.88 Å². The SMILES string of the molecule is COCCc1nc(/C=C/c2ccc(C)cc2)c(C(=O)O)s1. The van der Waals surface area contributed by atoms with Gasteiger partial charge in [-0.25, -0.2) is 9.78 Å². The molecule has 2 aromatic rings. The van der Waals surface area contributed by atoms with Gasteiger partial charge in [-0.15, -0.1) is 11.3 Å². The number of aromatic nitrogens is 1. The molecule has 5 heteroatoms. The van der Waals surface area contributed by atoms with E-state index in [1.165, 1.54) is 16.9 Å². The highest BCUT2D eigenvalue weighted by atomic mass is 32.1. The van der Waals surface area contributed by atoms with Crippen LogP contribution in [0.3, 0.4) is 0 Å². The number of hydrogen-bond donors (Lipinski definition) is 1. The standard InChI is InChI=1S/C16H17NO3S/c1-11-3-5-12(6-4-11)7-8-13-15(16(18)19)21-14(17-13)9-10-20-2/h3-8H,9-10H2,1-2H3,(H,18,19)/b8-7+. The van der Waals surface area contributed by atoms with E-state index in [9.17, 15) is 9.90 Å². The molecule has 2 rings (SSSR count). The maximum absolute atomic E-state index is 11.3. The first kappa shape index (κ1) is 15.4. The topological polar surface area (TPSA) is 59.4 Å². The number of ether oxygens (including phenoxy) is 1. The number of aryl methyl sites for hydroxylation is 1.